The van der Waals surface area contributed by atoms with E-state index in [2.05, 4.69) is 10.2 Å². The van der Waals surface area contributed by atoms with Crippen molar-refractivity contribution in [1.82, 2.24) is 10.2 Å². The summed E-state index contributed by atoms with van der Waals surface area (Å²) in [4.78, 5) is 12.6. The van der Waals surface area contributed by atoms with Gasteiger partial charge in [-0.1, -0.05) is 12.5 Å². The Hall–Kier alpha value is -0.870. The number of nitrogens with one attached hydrogen (secondary N) is 1. The molecule has 0 aliphatic carbocycles. The van der Waals surface area contributed by atoms with Gasteiger partial charge in [0.25, 0.3) is 0 Å². The molecule has 0 saturated carbocycles. The lowest BCUT2D eigenvalue weighted by Crippen LogP contribution is -2.35. The van der Waals surface area contributed by atoms with E-state index in [9.17, 15) is 4.79 Å². The van der Waals surface area contributed by atoms with Gasteiger partial charge in [0, 0.05) is 25.7 Å². The summed E-state index contributed by atoms with van der Waals surface area (Å²) in [6.07, 6.45) is 6.82. The van der Waals surface area contributed by atoms with Crippen molar-refractivity contribution in [2.24, 2.45) is 0 Å². The van der Waals surface area contributed by atoms with E-state index in [1.165, 1.54) is 38.4 Å². The second-order valence-electron chi connectivity index (χ2n) is 3.85. The maximum Gasteiger partial charge on any atom is 0.328 e. The van der Waals surface area contributed by atoms with Crippen molar-refractivity contribution in [2.45, 2.75) is 19.3 Å². The number of likely N-dealkylation sites (tertiary alicyclic amines) is 1. The Morgan fingerprint density at radius 2 is 2.07 bits per heavy atom. The standard InChI is InChI=1S/C11H20N2O2/c14-11(15)5-4-6-12-7-10-13-8-2-1-3-9-13/h4-5,12H,1-3,6-10H2,(H,14,15)/b5-4+. The maximum absolute atomic E-state index is 10.2. The fraction of sp³-hybridized carbons (Fsp3) is 0.727. The molecule has 2 N–H and O–H groups in total. The van der Waals surface area contributed by atoms with Crippen molar-refractivity contribution in [3.05, 3.63) is 12.2 Å². The molecule has 4 heteroatoms. The first-order chi connectivity index (χ1) is 7.29. The van der Waals surface area contributed by atoms with E-state index < -0.39 is 5.97 Å². The highest BCUT2D eigenvalue weighted by atomic mass is 16.4. The first-order valence-corrected chi connectivity index (χ1v) is 5.61. The number of piperidine rings is 1. The molecule has 1 saturated heterocycles. The number of carboxylic acids is 1. The van der Waals surface area contributed by atoms with E-state index in [1.807, 2.05) is 0 Å². The molecule has 0 aromatic rings. The van der Waals surface area contributed by atoms with Crippen LogP contribution in [0.5, 0.6) is 0 Å². The largest absolute Gasteiger partial charge is 0.478 e. The summed E-state index contributed by atoms with van der Waals surface area (Å²) in [6.45, 7) is 5.07. The van der Waals surface area contributed by atoms with Crippen molar-refractivity contribution in [3.63, 3.8) is 0 Å². The van der Waals surface area contributed by atoms with E-state index in [1.54, 1.807) is 6.08 Å². The van der Waals surface area contributed by atoms with Crippen LogP contribution in [-0.2, 0) is 4.79 Å². The highest BCUT2D eigenvalue weighted by molar-refractivity contribution is 5.79. The van der Waals surface area contributed by atoms with Crippen LogP contribution < -0.4 is 5.32 Å². The minimum absolute atomic E-state index is 0.639. The van der Waals surface area contributed by atoms with E-state index in [0.29, 0.717) is 6.54 Å². The Balaban J connectivity index is 1.94. The molecule has 0 unspecified atom stereocenters. The van der Waals surface area contributed by atoms with Crippen LogP contribution in [0.1, 0.15) is 19.3 Å². The molecule has 1 aliphatic heterocycles. The van der Waals surface area contributed by atoms with Crippen LogP contribution in [0, 0.1) is 0 Å². The highest BCUT2D eigenvalue weighted by Crippen LogP contribution is 2.06. The fourth-order valence-corrected chi connectivity index (χ4v) is 1.77. The molecule has 86 valence electrons. The lowest BCUT2D eigenvalue weighted by Gasteiger charge is -2.26. The predicted molar refractivity (Wildman–Crippen MR) is 59.9 cm³/mol. The molecule has 4 nitrogen and oxygen atoms in total. The minimum Gasteiger partial charge on any atom is -0.478 e. The topological polar surface area (TPSA) is 52.6 Å². The third-order valence-corrected chi connectivity index (χ3v) is 2.58. The number of hydrogen-bond acceptors (Lipinski definition) is 3. The van der Waals surface area contributed by atoms with Crippen LogP contribution in [0.3, 0.4) is 0 Å². The van der Waals surface area contributed by atoms with Crippen LogP contribution in [0.2, 0.25) is 0 Å². The molecule has 0 amide bonds. The van der Waals surface area contributed by atoms with Gasteiger partial charge in [-0.25, -0.2) is 4.79 Å². The zero-order valence-electron chi connectivity index (χ0n) is 9.11. The van der Waals surface area contributed by atoms with Gasteiger partial charge in [-0.05, 0) is 25.9 Å². The van der Waals surface area contributed by atoms with Crippen molar-refractivity contribution < 1.29 is 9.90 Å². The van der Waals surface area contributed by atoms with Crippen molar-refractivity contribution in [1.29, 1.82) is 0 Å². The number of carbonyl (C=O) groups is 1. The number of hydrogen-bond donors (Lipinski definition) is 2. The monoisotopic (exact) mass is 212 g/mol. The Bertz CT molecular complexity index is 211. The van der Waals surface area contributed by atoms with Gasteiger partial charge in [-0.15, -0.1) is 0 Å². The first-order valence-electron chi connectivity index (χ1n) is 5.61. The number of aliphatic carboxylic acids is 1. The molecule has 0 atom stereocenters. The van der Waals surface area contributed by atoms with Crippen molar-refractivity contribution in [2.75, 3.05) is 32.7 Å². The molecular formula is C11H20N2O2. The minimum atomic E-state index is -0.882. The molecule has 15 heavy (non-hydrogen) atoms. The van der Waals surface area contributed by atoms with E-state index >= 15 is 0 Å². The average molecular weight is 212 g/mol. The lowest BCUT2D eigenvalue weighted by atomic mass is 10.1. The lowest BCUT2D eigenvalue weighted by molar-refractivity contribution is -0.131. The van der Waals surface area contributed by atoms with Gasteiger partial charge in [-0.2, -0.15) is 0 Å². The quantitative estimate of drug-likeness (QED) is 0.503. The number of carboxylic acid groups (broad SMARTS) is 1. The van der Waals surface area contributed by atoms with Gasteiger partial charge in [0.2, 0.25) is 0 Å². The van der Waals surface area contributed by atoms with Crippen molar-refractivity contribution >= 4 is 5.97 Å². The molecule has 0 radical (unpaired) electrons. The van der Waals surface area contributed by atoms with Crippen LogP contribution in [0.25, 0.3) is 0 Å². The van der Waals surface area contributed by atoms with Gasteiger partial charge < -0.3 is 15.3 Å². The zero-order chi connectivity index (χ0) is 10.9. The van der Waals surface area contributed by atoms with Gasteiger partial charge in [0.05, 0.1) is 0 Å². The molecule has 1 rings (SSSR count). The van der Waals surface area contributed by atoms with Crippen LogP contribution in [0.4, 0.5) is 0 Å². The van der Waals surface area contributed by atoms with Crippen LogP contribution >= 0.6 is 0 Å². The zero-order valence-corrected chi connectivity index (χ0v) is 9.11. The van der Waals surface area contributed by atoms with Gasteiger partial charge in [0.15, 0.2) is 0 Å². The summed E-state index contributed by atoms with van der Waals surface area (Å²) >= 11 is 0. The summed E-state index contributed by atoms with van der Waals surface area (Å²) in [5.74, 6) is -0.882. The predicted octanol–water partition coefficient (Wildman–Crippen LogP) is 0.703. The third-order valence-electron chi connectivity index (χ3n) is 2.58. The second-order valence-corrected chi connectivity index (χ2v) is 3.85. The molecule has 1 aliphatic rings. The molecule has 0 bridgehead atoms. The number of rotatable bonds is 6. The van der Waals surface area contributed by atoms with Gasteiger partial charge in [-0.3, -0.25) is 0 Å². The molecule has 0 aromatic carbocycles. The van der Waals surface area contributed by atoms with E-state index in [4.69, 9.17) is 5.11 Å². The molecule has 1 fully saturated rings. The second kappa shape index (κ2) is 7.43. The summed E-state index contributed by atoms with van der Waals surface area (Å²) in [5, 5.41) is 11.5. The van der Waals surface area contributed by atoms with Crippen LogP contribution in [-0.4, -0.2) is 48.7 Å². The molecular weight excluding hydrogens is 192 g/mol. The molecule has 0 spiro atoms. The Labute approximate surface area is 91.0 Å². The SMILES string of the molecule is O=C(O)/C=C/CNCCN1CCCCC1. The summed E-state index contributed by atoms with van der Waals surface area (Å²) in [6, 6.07) is 0. The average Bonchev–Trinajstić information content (AvgIpc) is 2.24. The molecule has 1 heterocycles. The summed E-state index contributed by atoms with van der Waals surface area (Å²) in [5.41, 5.74) is 0. The Kier molecular flexibility index (Phi) is 6.04. The van der Waals surface area contributed by atoms with Crippen molar-refractivity contribution in [3.8, 4) is 0 Å². The van der Waals surface area contributed by atoms with E-state index in [-0.39, 0.29) is 0 Å². The number of nitrogens with zero attached hydrogens (tertiary/aromatic N) is 1. The Morgan fingerprint density at radius 1 is 1.33 bits per heavy atom. The fourth-order valence-electron chi connectivity index (χ4n) is 1.77. The maximum atomic E-state index is 10.2. The third kappa shape index (κ3) is 6.25. The summed E-state index contributed by atoms with van der Waals surface area (Å²) in [7, 11) is 0. The van der Waals surface area contributed by atoms with Gasteiger partial charge in [0.1, 0.15) is 0 Å². The van der Waals surface area contributed by atoms with Gasteiger partial charge >= 0.3 is 5.97 Å². The summed E-state index contributed by atoms with van der Waals surface area (Å²) < 4.78 is 0. The smallest absolute Gasteiger partial charge is 0.328 e. The first kappa shape index (κ1) is 12.2. The molecule has 0 aromatic heterocycles. The normalized spacial score (nSPS) is 18.4. The Morgan fingerprint density at radius 3 is 2.73 bits per heavy atom. The highest BCUT2D eigenvalue weighted by Gasteiger charge is 2.08. The van der Waals surface area contributed by atoms with Crippen LogP contribution in [0.15, 0.2) is 12.2 Å². The van der Waals surface area contributed by atoms with E-state index in [0.717, 1.165) is 13.1 Å².